The van der Waals surface area contributed by atoms with Gasteiger partial charge in [-0.05, 0) is 42.9 Å². The van der Waals surface area contributed by atoms with Crippen LogP contribution in [0.25, 0.3) is 0 Å². The zero-order valence-corrected chi connectivity index (χ0v) is 11.7. The Labute approximate surface area is 113 Å². The lowest BCUT2D eigenvalue weighted by molar-refractivity contribution is 0.491. The van der Waals surface area contributed by atoms with Crippen molar-refractivity contribution in [1.29, 1.82) is 0 Å². The Morgan fingerprint density at radius 3 is 2.74 bits per heavy atom. The van der Waals surface area contributed by atoms with Gasteiger partial charge in [-0.3, -0.25) is 0 Å². The monoisotopic (exact) mass is 286 g/mol. The van der Waals surface area contributed by atoms with Crippen molar-refractivity contribution in [3.63, 3.8) is 0 Å². The van der Waals surface area contributed by atoms with E-state index in [1.807, 2.05) is 6.92 Å². The predicted octanol–water partition coefficient (Wildman–Crippen LogP) is 1.61. The third kappa shape index (κ3) is 3.52. The van der Waals surface area contributed by atoms with Crippen LogP contribution in [-0.2, 0) is 16.6 Å². The summed E-state index contributed by atoms with van der Waals surface area (Å²) in [7, 11) is -3.58. The average Bonchev–Trinajstić information content (AvgIpc) is 3.20. The van der Waals surface area contributed by atoms with E-state index in [1.54, 1.807) is 0 Å². The zero-order valence-electron chi connectivity index (χ0n) is 10.9. The molecule has 1 fully saturated rings. The van der Waals surface area contributed by atoms with Gasteiger partial charge in [0.25, 0.3) is 0 Å². The van der Waals surface area contributed by atoms with Crippen LogP contribution in [0.5, 0.6) is 0 Å². The van der Waals surface area contributed by atoms with E-state index in [0.717, 1.165) is 6.07 Å². The fraction of sp³-hybridized carbons (Fsp3) is 0.538. The molecule has 0 bridgehead atoms. The van der Waals surface area contributed by atoms with Crippen LogP contribution in [-0.4, -0.2) is 15.0 Å². The van der Waals surface area contributed by atoms with Crippen LogP contribution in [0.15, 0.2) is 23.1 Å². The number of rotatable bonds is 6. The molecule has 0 heterocycles. The molecule has 0 saturated heterocycles. The van der Waals surface area contributed by atoms with Crippen molar-refractivity contribution in [2.75, 3.05) is 6.54 Å². The second-order valence-electron chi connectivity index (χ2n) is 5.12. The smallest absolute Gasteiger partial charge is 0.240 e. The van der Waals surface area contributed by atoms with Crippen molar-refractivity contribution in [2.24, 2.45) is 17.6 Å². The van der Waals surface area contributed by atoms with Crippen molar-refractivity contribution in [2.45, 2.75) is 31.2 Å². The molecule has 0 aliphatic heterocycles. The lowest BCUT2D eigenvalue weighted by Gasteiger charge is -2.12. The summed E-state index contributed by atoms with van der Waals surface area (Å²) in [5.41, 5.74) is 5.58. The van der Waals surface area contributed by atoms with Gasteiger partial charge in [-0.25, -0.2) is 17.5 Å². The van der Waals surface area contributed by atoms with Crippen molar-refractivity contribution < 1.29 is 12.8 Å². The lowest BCUT2D eigenvalue weighted by Crippen LogP contribution is -2.29. The summed E-state index contributed by atoms with van der Waals surface area (Å²) >= 11 is 0. The van der Waals surface area contributed by atoms with Crippen molar-refractivity contribution in [1.82, 2.24) is 4.72 Å². The molecule has 6 heteroatoms. The number of benzene rings is 1. The van der Waals surface area contributed by atoms with Crippen LogP contribution in [0.3, 0.4) is 0 Å². The molecule has 0 amide bonds. The number of halogens is 1. The SMILES string of the molecule is CC(CNS(=O)(=O)c1ccc(F)c(CN)c1)C1CC1. The van der Waals surface area contributed by atoms with E-state index >= 15 is 0 Å². The molecule has 1 aliphatic rings. The molecule has 1 aromatic rings. The second-order valence-corrected chi connectivity index (χ2v) is 6.89. The van der Waals surface area contributed by atoms with E-state index in [2.05, 4.69) is 4.72 Å². The molecular formula is C13H19FN2O2S. The lowest BCUT2D eigenvalue weighted by atomic mass is 10.1. The van der Waals surface area contributed by atoms with Crippen LogP contribution in [0.2, 0.25) is 0 Å². The summed E-state index contributed by atoms with van der Waals surface area (Å²) in [6.07, 6.45) is 2.35. The van der Waals surface area contributed by atoms with Crippen LogP contribution in [0, 0.1) is 17.7 Å². The van der Waals surface area contributed by atoms with Gasteiger partial charge in [0.15, 0.2) is 0 Å². The maximum Gasteiger partial charge on any atom is 0.240 e. The first-order chi connectivity index (χ1) is 8.94. The molecular weight excluding hydrogens is 267 g/mol. The number of hydrogen-bond acceptors (Lipinski definition) is 3. The highest BCUT2D eigenvalue weighted by Crippen LogP contribution is 2.36. The van der Waals surface area contributed by atoms with E-state index in [9.17, 15) is 12.8 Å². The summed E-state index contributed by atoms with van der Waals surface area (Å²) in [6.45, 7) is 2.44. The fourth-order valence-corrected chi connectivity index (χ4v) is 3.22. The molecule has 0 spiro atoms. The van der Waals surface area contributed by atoms with Gasteiger partial charge in [0.05, 0.1) is 4.90 Å². The summed E-state index contributed by atoms with van der Waals surface area (Å²) < 4.78 is 40.0. The minimum Gasteiger partial charge on any atom is -0.326 e. The zero-order chi connectivity index (χ0) is 14.0. The largest absolute Gasteiger partial charge is 0.326 e. The van der Waals surface area contributed by atoms with Crippen molar-refractivity contribution in [3.8, 4) is 0 Å². The standard InChI is InChI=1S/C13H19FN2O2S/c1-9(10-2-3-10)8-16-19(17,18)12-4-5-13(14)11(6-12)7-15/h4-6,9-10,16H,2-3,7-8,15H2,1H3. The quantitative estimate of drug-likeness (QED) is 0.834. The number of sulfonamides is 1. The molecule has 106 valence electrons. The first-order valence-electron chi connectivity index (χ1n) is 6.42. The van der Waals surface area contributed by atoms with Crippen molar-refractivity contribution in [3.05, 3.63) is 29.6 Å². The number of nitrogens with two attached hydrogens (primary N) is 1. The van der Waals surface area contributed by atoms with Gasteiger partial charge in [0.1, 0.15) is 5.82 Å². The molecule has 3 N–H and O–H groups in total. The molecule has 1 unspecified atom stereocenters. The van der Waals surface area contributed by atoms with E-state index in [0.29, 0.717) is 18.4 Å². The van der Waals surface area contributed by atoms with Gasteiger partial charge in [-0.2, -0.15) is 0 Å². The Morgan fingerprint density at radius 1 is 1.47 bits per heavy atom. The van der Waals surface area contributed by atoms with Gasteiger partial charge in [0, 0.05) is 18.7 Å². The van der Waals surface area contributed by atoms with Gasteiger partial charge in [-0.1, -0.05) is 6.92 Å². The van der Waals surface area contributed by atoms with E-state index in [-0.39, 0.29) is 17.0 Å². The molecule has 4 nitrogen and oxygen atoms in total. The van der Waals surface area contributed by atoms with Crippen molar-refractivity contribution >= 4 is 10.0 Å². The van der Waals surface area contributed by atoms with Gasteiger partial charge in [-0.15, -0.1) is 0 Å². The Bertz CT molecular complexity index is 556. The Morgan fingerprint density at radius 2 is 2.16 bits per heavy atom. The highest BCUT2D eigenvalue weighted by molar-refractivity contribution is 7.89. The number of hydrogen-bond donors (Lipinski definition) is 2. The maximum absolute atomic E-state index is 13.3. The predicted molar refractivity (Wildman–Crippen MR) is 71.4 cm³/mol. The summed E-state index contributed by atoms with van der Waals surface area (Å²) in [4.78, 5) is 0.0670. The van der Waals surface area contributed by atoms with E-state index < -0.39 is 15.8 Å². The maximum atomic E-state index is 13.3. The van der Waals surface area contributed by atoms with Crippen LogP contribution in [0.1, 0.15) is 25.3 Å². The summed E-state index contributed by atoms with van der Waals surface area (Å²) in [6, 6.07) is 3.69. The van der Waals surface area contributed by atoms with E-state index in [4.69, 9.17) is 5.73 Å². The molecule has 0 aromatic heterocycles. The average molecular weight is 286 g/mol. The summed E-state index contributed by atoms with van der Waals surface area (Å²) in [5.74, 6) is 0.493. The highest BCUT2D eigenvalue weighted by atomic mass is 32.2. The molecule has 1 aromatic carbocycles. The molecule has 1 atom stereocenters. The van der Waals surface area contributed by atoms with Gasteiger partial charge < -0.3 is 5.73 Å². The second kappa shape index (κ2) is 5.56. The normalized spacial score (nSPS) is 17.4. The highest BCUT2D eigenvalue weighted by Gasteiger charge is 2.28. The first-order valence-corrected chi connectivity index (χ1v) is 7.90. The third-order valence-corrected chi connectivity index (χ3v) is 4.99. The number of nitrogens with one attached hydrogen (secondary N) is 1. The first kappa shape index (κ1) is 14.4. The third-order valence-electron chi connectivity index (χ3n) is 3.57. The van der Waals surface area contributed by atoms with Gasteiger partial charge in [0.2, 0.25) is 10.0 Å². The topological polar surface area (TPSA) is 72.2 Å². The summed E-state index contributed by atoms with van der Waals surface area (Å²) in [5, 5.41) is 0. The molecule has 1 saturated carbocycles. The molecule has 19 heavy (non-hydrogen) atoms. The van der Waals surface area contributed by atoms with E-state index in [1.165, 1.54) is 25.0 Å². The van der Waals surface area contributed by atoms with Gasteiger partial charge >= 0.3 is 0 Å². The Hall–Kier alpha value is -0.980. The minimum absolute atomic E-state index is 0.0202. The molecule has 1 aliphatic carbocycles. The van der Waals surface area contributed by atoms with Crippen LogP contribution >= 0.6 is 0 Å². The van der Waals surface area contributed by atoms with Crippen LogP contribution < -0.4 is 10.5 Å². The fourth-order valence-electron chi connectivity index (χ4n) is 2.03. The minimum atomic E-state index is -3.58. The molecule has 2 rings (SSSR count). The van der Waals surface area contributed by atoms with Crippen LogP contribution in [0.4, 0.5) is 4.39 Å². The molecule has 0 radical (unpaired) electrons. The Balaban J connectivity index is 2.09. The Kier molecular flexibility index (Phi) is 4.23.